The van der Waals surface area contributed by atoms with Crippen LogP contribution in [0.4, 0.5) is 5.82 Å². The van der Waals surface area contributed by atoms with Crippen LogP contribution in [-0.4, -0.2) is 9.78 Å². The quantitative estimate of drug-likeness (QED) is 0.881. The van der Waals surface area contributed by atoms with Crippen molar-refractivity contribution in [1.82, 2.24) is 9.78 Å². The first-order valence-corrected chi connectivity index (χ1v) is 6.33. The predicted octanol–water partition coefficient (Wildman–Crippen LogP) is 2.68. The fourth-order valence-corrected chi connectivity index (χ4v) is 1.95. The summed E-state index contributed by atoms with van der Waals surface area (Å²) >= 11 is 2.19. The van der Waals surface area contributed by atoms with Crippen LogP contribution in [0.2, 0.25) is 0 Å². The van der Waals surface area contributed by atoms with Crippen LogP contribution in [0.15, 0.2) is 30.5 Å². The third-order valence-corrected chi connectivity index (χ3v) is 3.43. The van der Waals surface area contributed by atoms with Gasteiger partial charge in [-0.05, 0) is 40.1 Å². The van der Waals surface area contributed by atoms with Gasteiger partial charge in [-0.25, -0.2) is 4.68 Å². The SMILES string of the molecule is CCc1ccc(Cn2ncc(I)c2N)cc1. The van der Waals surface area contributed by atoms with Gasteiger partial charge in [-0.3, -0.25) is 0 Å². The molecule has 4 heteroatoms. The molecule has 0 radical (unpaired) electrons. The minimum Gasteiger partial charge on any atom is -0.383 e. The van der Waals surface area contributed by atoms with E-state index in [0.717, 1.165) is 22.4 Å². The van der Waals surface area contributed by atoms with Crippen LogP contribution in [0.5, 0.6) is 0 Å². The minimum atomic E-state index is 0.735. The summed E-state index contributed by atoms with van der Waals surface area (Å²) in [6, 6.07) is 8.57. The summed E-state index contributed by atoms with van der Waals surface area (Å²) < 4.78 is 2.82. The molecule has 0 saturated heterocycles. The Bertz CT molecular complexity index is 474. The minimum absolute atomic E-state index is 0.735. The van der Waals surface area contributed by atoms with Gasteiger partial charge in [0, 0.05) is 0 Å². The first kappa shape index (κ1) is 11.4. The van der Waals surface area contributed by atoms with E-state index in [0.29, 0.717) is 0 Å². The van der Waals surface area contributed by atoms with Gasteiger partial charge >= 0.3 is 0 Å². The molecule has 0 unspecified atom stereocenters. The topological polar surface area (TPSA) is 43.8 Å². The molecule has 1 aromatic heterocycles. The Labute approximate surface area is 109 Å². The van der Waals surface area contributed by atoms with Crippen molar-refractivity contribution < 1.29 is 0 Å². The summed E-state index contributed by atoms with van der Waals surface area (Å²) in [6.45, 7) is 2.89. The second-order valence-electron chi connectivity index (χ2n) is 3.71. The number of halogens is 1. The van der Waals surface area contributed by atoms with E-state index in [1.807, 2.05) is 4.68 Å². The smallest absolute Gasteiger partial charge is 0.135 e. The molecule has 0 bridgehead atoms. The van der Waals surface area contributed by atoms with E-state index in [-0.39, 0.29) is 0 Å². The highest BCUT2D eigenvalue weighted by Crippen LogP contribution is 2.15. The maximum absolute atomic E-state index is 5.90. The molecular formula is C12H14IN3. The van der Waals surface area contributed by atoms with Gasteiger partial charge in [0.2, 0.25) is 0 Å². The van der Waals surface area contributed by atoms with E-state index >= 15 is 0 Å². The van der Waals surface area contributed by atoms with Crippen molar-refractivity contribution in [2.75, 3.05) is 5.73 Å². The Morgan fingerprint density at radius 3 is 2.38 bits per heavy atom. The van der Waals surface area contributed by atoms with Crippen molar-refractivity contribution in [2.45, 2.75) is 19.9 Å². The van der Waals surface area contributed by atoms with Crippen LogP contribution in [0.25, 0.3) is 0 Å². The normalized spacial score (nSPS) is 10.6. The van der Waals surface area contributed by atoms with E-state index in [9.17, 15) is 0 Å². The molecule has 84 valence electrons. The summed E-state index contributed by atoms with van der Waals surface area (Å²) in [5.41, 5.74) is 8.48. The number of nitrogens with two attached hydrogens (primary N) is 1. The van der Waals surface area contributed by atoms with Gasteiger partial charge in [-0.1, -0.05) is 31.2 Å². The van der Waals surface area contributed by atoms with Crippen LogP contribution in [0.1, 0.15) is 18.1 Å². The fourth-order valence-electron chi connectivity index (χ4n) is 1.55. The highest BCUT2D eigenvalue weighted by molar-refractivity contribution is 14.1. The van der Waals surface area contributed by atoms with Crippen LogP contribution in [0, 0.1) is 3.57 Å². The number of aromatic nitrogens is 2. The zero-order chi connectivity index (χ0) is 11.5. The number of hydrogen-bond acceptors (Lipinski definition) is 2. The maximum atomic E-state index is 5.90. The molecule has 0 aliphatic rings. The largest absolute Gasteiger partial charge is 0.383 e. The number of anilines is 1. The number of nitrogen functional groups attached to an aromatic ring is 1. The molecular weight excluding hydrogens is 313 g/mol. The third-order valence-electron chi connectivity index (χ3n) is 2.60. The molecule has 1 aromatic carbocycles. The first-order valence-electron chi connectivity index (χ1n) is 5.25. The molecule has 0 atom stereocenters. The molecule has 0 aliphatic carbocycles. The van der Waals surface area contributed by atoms with Gasteiger partial charge in [0.25, 0.3) is 0 Å². The molecule has 3 nitrogen and oxygen atoms in total. The standard InChI is InChI=1S/C12H14IN3/c1-2-9-3-5-10(6-4-9)8-16-12(14)11(13)7-15-16/h3-7H,2,8,14H2,1H3. The highest BCUT2D eigenvalue weighted by atomic mass is 127. The molecule has 2 aromatic rings. The van der Waals surface area contributed by atoms with Gasteiger partial charge in [0.05, 0.1) is 16.3 Å². The Balaban J connectivity index is 2.17. The summed E-state index contributed by atoms with van der Waals surface area (Å²) in [6.07, 6.45) is 2.86. The van der Waals surface area contributed by atoms with Crippen molar-refractivity contribution in [1.29, 1.82) is 0 Å². The van der Waals surface area contributed by atoms with Crippen LogP contribution in [0.3, 0.4) is 0 Å². The van der Waals surface area contributed by atoms with E-state index in [1.54, 1.807) is 6.20 Å². The zero-order valence-corrected chi connectivity index (χ0v) is 11.3. The lowest BCUT2D eigenvalue weighted by molar-refractivity contribution is 0.697. The summed E-state index contributed by atoms with van der Waals surface area (Å²) in [4.78, 5) is 0. The molecule has 16 heavy (non-hydrogen) atoms. The number of aryl methyl sites for hydroxylation is 1. The lowest BCUT2D eigenvalue weighted by Crippen LogP contribution is -2.06. The summed E-state index contributed by atoms with van der Waals surface area (Å²) in [5, 5.41) is 4.24. The van der Waals surface area contributed by atoms with E-state index in [4.69, 9.17) is 5.73 Å². The molecule has 0 amide bonds. The van der Waals surface area contributed by atoms with E-state index in [2.05, 4.69) is 58.9 Å². The average molecular weight is 327 g/mol. The van der Waals surface area contributed by atoms with Crippen molar-refractivity contribution >= 4 is 28.4 Å². The zero-order valence-electron chi connectivity index (χ0n) is 9.15. The van der Waals surface area contributed by atoms with E-state index < -0.39 is 0 Å². The predicted molar refractivity (Wildman–Crippen MR) is 74.3 cm³/mol. The molecule has 0 fully saturated rings. The summed E-state index contributed by atoms with van der Waals surface area (Å²) in [5.74, 6) is 0.736. The van der Waals surface area contributed by atoms with Crippen molar-refractivity contribution in [2.24, 2.45) is 0 Å². The molecule has 1 heterocycles. The van der Waals surface area contributed by atoms with Gasteiger partial charge in [0.1, 0.15) is 5.82 Å². The summed E-state index contributed by atoms with van der Waals surface area (Å²) in [7, 11) is 0. The molecule has 0 saturated carbocycles. The van der Waals surface area contributed by atoms with Crippen LogP contribution >= 0.6 is 22.6 Å². The number of benzene rings is 1. The average Bonchev–Trinajstić information content (AvgIpc) is 2.62. The number of rotatable bonds is 3. The van der Waals surface area contributed by atoms with Gasteiger partial charge < -0.3 is 5.73 Å². The van der Waals surface area contributed by atoms with Crippen molar-refractivity contribution in [3.63, 3.8) is 0 Å². The third kappa shape index (κ3) is 2.37. The Kier molecular flexibility index (Phi) is 3.48. The van der Waals surface area contributed by atoms with Gasteiger partial charge in [-0.2, -0.15) is 5.10 Å². The molecule has 2 N–H and O–H groups in total. The Hall–Kier alpha value is -1.04. The monoisotopic (exact) mass is 327 g/mol. The Morgan fingerprint density at radius 1 is 1.25 bits per heavy atom. The van der Waals surface area contributed by atoms with Gasteiger partial charge in [0.15, 0.2) is 0 Å². The first-order chi connectivity index (χ1) is 7.70. The number of hydrogen-bond donors (Lipinski definition) is 1. The van der Waals surface area contributed by atoms with Crippen molar-refractivity contribution in [3.8, 4) is 0 Å². The van der Waals surface area contributed by atoms with Crippen LogP contribution in [-0.2, 0) is 13.0 Å². The van der Waals surface area contributed by atoms with Gasteiger partial charge in [-0.15, -0.1) is 0 Å². The fraction of sp³-hybridized carbons (Fsp3) is 0.250. The Morgan fingerprint density at radius 2 is 1.88 bits per heavy atom. The molecule has 0 spiro atoms. The second-order valence-corrected chi connectivity index (χ2v) is 4.87. The lowest BCUT2D eigenvalue weighted by atomic mass is 10.1. The highest BCUT2D eigenvalue weighted by Gasteiger charge is 2.04. The molecule has 0 aliphatic heterocycles. The second kappa shape index (κ2) is 4.86. The van der Waals surface area contributed by atoms with E-state index in [1.165, 1.54) is 11.1 Å². The molecule has 2 rings (SSSR count). The maximum Gasteiger partial charge on any atom is 0.135 e. The van der Waals surface area contributed by atoms with Crippen molar-refractivity contribution in [3.05, 3.63) is 45.2 Å². The lowest BCUT2D eigenvalue weighted by Gasteiger charge is -2.05. The van der Waals surface area contributed by atoms with Crippen LogP contribution < -0.4 is 5.73 Å². The number of nitrogens with zero attached hydrogens (tertiary/aromatic N) is 2.